The van der Waals surface area contributed by atoms with Gasteiger partial charge in [0.2, 0.25) is 5.91 Å². The van der Waals surface area contributed by atoms with E-state index in [4.69, 9.17) is 5.73 Å². The number of aliphatic hydroxyl groups is 4. The maximum Gasteiger partial charge on any atom is 0.230 e. The topological polar surface area (TPSA) is 190 Å². The van der Waals surface area contributed by atoms with Crippen LogP contribution in [0.1, 0.15) is 42.6 Å². The molecule has 178 valence electrons. The lowest BCUT2D eigenvalue weighted by Gasteiger charge is -2.59. The third kappa shape index (κ3) is 2.72. The maximum absolute atomic E-state index is 13.4. The van der Waals surface area contributed by atoms with E-state index in [2.05, 4.69) is 5.32 Å². The summed E-state index contributed by atoms with van der Waals surface area (Å²) in [5.74, 6) is -9.78. The van der Waals surface area contributed by atoms with Crippen LogP contribution in [-0.4, -0.2) is 72.9 Å². The molecular formula is C23H28N2O8. The number of nitrogens with one attached hydrogen (secondary N) is 1. The number of rotatable bonds is 3. The van der Waals surface area contributed by atoms with E-state index in [-0.39, 0.29) is 17.9 Å². The number of likely N-dealkylation sites (N-methyl/N-ethyl adjacent to an activating group) is 1. The van der Waals surface area contributed by atoms with Gasteiger partial charge in [0.05, 0.1) is 23.3 Å². The number of amides is 1. The number of hydrogen-bond acceptors (Lipinski definition) is 9. The molecule has 0 aliphatic heterocycles. The van der Waals surface area contributed by atoms with Gasteiger partial charge in [-0.05, 0) is 31.0 Å². The predicted molar refractivity (Wildman–Crippen MR) is 114 cm³/mol. The zero-order valence-corrected chi connectivity index (χ0v) is 18.4. The highest BCUT2D eigenvalue weighted by Crippen LogP contribution is 2.57. The molecule has 3 aliphatic rings. The van der Waals surface area contributed by atoms with E-state index in [1.807, 2.05) is 0 Å². The van der Waals surface area contributed by atoms with Gasteiger partial charge in [-0.2, -0.15) is 0 Å². The van der Waals surface area contributed by atoms with Gasteiger partial charge in [0, 0.05) is 17.4 Å². The Morgan fingerprint density at radius 1 is 1.21 bits per heavy atom. The van der Waals surface area contributed by atoms with Crippen molar-refractivity contribution in [3.8, 4) is 5.75 Å². The number of ketones is 2. The zero-order chi connectivity index (χ0) is 24.6. The van der Waals surface area contributed by atoms with Crippen LogP contribution >= 0.6 is 0 Å². The summed E-state index contributed by atoms with van der Waals surface area (Å²) in [6.07, 6.45) is -3.31. The van der Waals surface area contributed by atoms with E-state index in [1.165, 1.54) is 13.0 Å². The number of nitrogens with two attached hydrogens (primary N) is 1. The molecule has 0 radical (unpaired) electrons. The van der Waals surface area contributed by atoms with E-state index in [1.54, 1.807) is 26.0 Å². The van der Waals surface area contributed by atoms with Gasteiger partial charge in [-0.3, -0.25) is 14.4 Å². The van der Waals surface area contributed by atoms with Gasteiger partial charge in [-0.15, -0.1) is 0 Å². The van der Waals surface area contributed by atoms with E-state index >= 15 is 0 Å². The van der Waals surface area contributed by atoms with E-state index in [9.17, 15) is 39.9 Å². The van der Waals surface area contributed by atoms with Crippen molar-refractivity contribution >= 4 is 17.5 Å². The van der Waals surface area contributed by atoms with Crippen LogP contribution in [-0.2, 0) is 9.59 Å². The average Bonchev–Trinajstić information content (AvgIpc) is 2.73. The Kier molecular flexibility index (Phi) is 5.21. The number of aliphatic hydroxyl groups excluding tert-OH is 3. The molecule has 1 fully saturated rings. The molecule has 10 nitrogen and oxygen atoms in total. The quantitative estimate of drug-likeness (QED) is 0.285. The molecule has 0 spiro atoms. The number of benzene rings is 1. The van der Waals surface area contributed by atoms with E-state index in [0.29, 0.717) is 5.56 Å². The van der Waals surface area contributed by atoms with Crippen LogP contribution < -0.4 is 11.1 Å². The molecule has 7 unspecified atom stereocenters. The summed E-state index contributed by atoms with van der Waals surface area (Å²) in [5, 5.41) is 58.8. The molecule has 33 heavy (non-hydrogen) atoms. The smallest absolute Gasteiger partial charge is 0.230 e. The number of fused-ring (bicyclic) bond motifs is 3. The molecule has 8 N–H and O–H groups in total. The van der Waals surface area contributed by atoms with Gasteiger partial charge in [0.1, 0.15) is 17.4 Å². The standard InChI is InChI=1S/C23H28N2O8/c1-4-25-22(3)17-16(28)11-8(2)9-6-5-7-10(26)12(9)15(27)13(11)19(30)23(17,33)20(31)14(18(22)29)21(24)32/h5-8,11,14,16-18,25-26,28-30,33H,4H2,1-3H3,(H2,24,32)/t8?,11?,14?,16?,17?,18?,22-,23?/m0/s1. The van der Waals surface area contributed by atoms with Crippen molar-refractivity contribution in [2.75, 3.05) is 6.54 Å². The lowest BCUT2D eigenvalue weighted by molar-refractivity contribution is -0.201. The van der Waals surface area contributed by atoms with Crippen molar-refractivity contribution in [2.45, 2.75) is 50.0 Å². The van der Waals surface area contributed by atoms with Gasteiger partial charge < -0.3 is 36.6 Å². The second-order valence-electron chi connectivity index (χ2n) is 9.38. The largest absolute Gasteiger partial charge is 0.508 e. The molecular weight excluding hydrogens is 432 g/mol. The summed E-state index contributed by atoms with van der Waals surface area (Å²) in [5.41, 5.74) is 0.789. The van der Waals surface area contributed by atoms with Crippen LogP contribution in [0.5, 0.6) is 5.75 Å². The summed E-state index contributed by atoms with van der Waals surface area (Å²) in [6, 6.07) is 4.46. The van der Waals surface area contributed by atoms with Crippen molar-refractivity contribution < 1.29 is 39.9 Å². The van der Waals surface area contributed by atoms with Crippen molar-refractivity contribution in [2.24, 2.45) is 23.5 Å². The number of hydrogen-bond donors (Lipinski definition) is 7. The normalized spacial score (nSPS) is 40.2. The average molecular weight is 460 g/mol. The van der Waals surface area contributed by atoms with Crippen LogP contribution in [0.15, 0.2) is 29.5 Å². The fraction of sp³-hybridized carbons (Fsp3) is 0.522. The van der Waals surface area contributed by atoms with E-state index < -0.39 is 75.8 Å². The van der Waals surface area contributed by atoms with E-state index in [0.717, 1.165) is 0 Å². The molecule has 0 saturated heterocycles. The second kappa shape index (κ2) is 7.36. The molecule has 0 aromatic heterocycles. The first-order chi connectivity index (χ1) is 15.4. The first-order valence-corrected chi connectivity index (χ1v) is 10.8. The number of phenols is 1. The Balaban J connectivity index is 2.05. The third-order valence-electron chi connectivity index (χ3n) is 7.78. The summed E-state index contributed by atoms with van der Waals surface area (Å²) >= 11 is 0. The Morgan fingerprint density at radius 3 is 2.42 bits per heavy atom. The summed E-state index contributed by atoms with van der Waals surface area (Å²) in [7, 11) is 0. The Morgan fingerprint density at radius 2 is 1.85 bits per heavy atom. The molecule has 0 bridgehead atoms. The van der Waals surface area contributed by atoms with Crippen LogP contribution in [0, 0.1) is 17.8 Å². The lowest BCUT2D eigenvalue weighted by Crippen LogP contribution is -2.79. The highest BCUT2D eigenvalue weighted by atomic mass is 16.4. The fourth-order valence-electron chi connectivity index (χ4n) is 6.30. The Labute approximate surface area is 189 Å². The molecule has 4 rings (SSSR count). The van der Waals surface area contributed by atoms with Crippen LogP contribution in [0.4, 0.5) is 0 Å². The minimum Gasteiger partial charge on any atom is -0.508 e. The van der Waals surface area contributed by atoms with Gasteiger partial charge in [-0.1, -0.05) is 26.0 Å². The van der Waals surface area contributed by atoms with Crippen molar-refractivity contribution in [3.05, 3.63) is 40.7 Å². The van der Waals surface area contributed by atoms with Crippen LogP contribution in [0.25, 0.3) is 0 Å². The van der Waals surface area contributed by atoms with Crippen molar-refractivity contribution in [3.63, 3.8) is 0 Å². The third-order valence-corrected chi connectivity index (χ3v) is 7.78. The maximum atomic E-state index is 13.4. The molecule has 1 saturated carbocycles. The van der Waals surface area contributed by atoms with Gasteiger partial charge in [-0.25, -0.2) is 0 Å². The Hall–Kier alpha value is -2.79. The summed E-state index contributed by atoms with van der Waals surface area (Å²) < 4.78 is 0. The van der Waals surface area contributed by atoms with Crippen molar-refractivity contribution in [1.82, 2.24) is 5.32 Å². The molecule has 0 heterocycles. The van der Waals surface area contributed by atoms with Gasteiger partial charge in [0.15, 0.2) is 17.2 Å². The van der Waals surface area contributed by atoms with Gasteiger partial charge in [0.25, 0.3) is 0 Å². The highest BCUT2D eigenvalue weighted by molar-refractivity contribution is 6.16. The SMILES string of the molecule is CCN[C@]1(C)C(O)C(C(N)=O)C(=O)C2(O)C(O)=C3C(=O)c4c(O)cccc4C(C)C3C(O)C21. The molecule has 10 heteroatoms. The first kappa shape index (κ1) is 23.4. The molecule has 1 aromatic rings. The van der Waals surface area contributed by atoms with Crippen LogP contribution in [0.3, 0.4) is 0 Å². The lowest BCUT2D eigenvalue weighted by atomic mass is 9.49. The number of carbonyl (C=O) groups is 3. The Bertz CT molecular complexity index is 1100. The monoisotopic (exact) mass is 460 g/mol. The van der Waals surface area contributed by atoms with Crippen molar-refractivity contribution in [1.29, 1.82) is 0 Å². The summed E-state index contributed by atoms with van der Waals surface area (Å²) in [6.45, 7) is 5.03. The molecule has 1 amide bonds. The minimum absolute atomic E-state index is 0.0961. The first-order valence-electron chi connectivity index (χ1n) is 10.8. The molecule has 8 atom stereocenters. The summed E-state index contributed by atoms with van der Waals surface area (Å²) in [4.78, 5) is 38.9. The van der Waals surface area contributed by atoms with Gasteiger partial charge >= 0.3 is 0 Å². The number of carbonyl (C=O) groups excluding carboxylic acids is 3. The number of Topliss-reactive ketones (excluding diaryl/α,β-unsaturated/α-hetero) is 2. The number of phenolic OH excluding ortho intramolecular Hbond substituents is 1. The predicted octanol–water partition coefficient (Wildman–Crippen LogP) is -0.745. The fourth-order valence-corrected chi connectivity index (χ4v) is 6.30. The number of primary amides is 1. The number of aromatic hydroxyl groups is 1. The van der Waals surface area contributed by atoms with Crippen LogP contribution in [0.2, 0.25) is 0 Å². The second-order valence-corrected chi connectivity index (χ2v) is 9.38. The zero-order valence-electron chi connectivity index (χ0n) is 18.4. The minimum atomic E-state index is -2.88. The molecule has 1 aromatic carbocycles. The highest BCUT2D eigenvalue weighted by Gasteiger charge is 2.72. The molecule has 3 aliphatic carbocycles.